The van der Waals surface area contributed by atoms with Crippen molar-refractivity contribution in [2.45, 2.75) is 72.3 Å². The summed E-state index contributed by atoms with van der Waals surface area (Å²) in [6.07, 6.45) is 2.29. The van der Waals surface area contributed by atoms with Crippen LogP contribution in [0.4, 0.5) is 5.82 Å². The SMILES string of the molecule is CC1(C)Cc2[nH]nc(NC(C)(C)C)c2C(C)(C)C1. The fraction of sp³-hybridized carbons (Fsp3) is 0.800. The summed E-state index contributed by atoms with van der Waals surface area (Å²) in [4.78, 5) is 0. The Morgan fingerprint density at radius 2 is 1.78 bits per heavy atom. The molecule has 18 heavy (non-hydrogen) atoms. The van der Waals surface area contributed by atoms with Crippen LogP contribution in [0.5, 0.6) is 0 Å². The summed E-state index contributed by atoms with van der Waals surface area (Å²) < 4.78 is 0. The number of rotatable bonds is 1. The quantitative estimate of drug-likeness (QED) is 0.793. The minimum absolute atomic E-state index is 0.0476. The lowest BCUT2D eigenvalue weighted by Crippen LogP contribution is -2.36. The zero-order chi connectivity index (χ0) is 13.8. The van der Waals surface area contributed by atoms with Crippen LogP contribution in [0.1, 0.15) is 66.1 Å². The second-order valence-electron chi connectivity index (χ2n) is 8.20. The van der Waals surface area contributed by atoms with E-state index < -0.39 is 0 Å². The molecule has 0 atom stereocenters. The van der Waals surface area contributed by atoms with Gasteiger partial charge in [0.1, 0.15) is 0 Å². The Bertz CT molecular complexity index is 447. The van der Waals surface area contributed by atoms with Gasteiger partial charge < -0.3 is 5.32 Å². The maximum Gasteiger partial charge on any atom is 0.152 e. The largest absolute Gasteiger partial charge is 0.364 e. The van der Waals surface area contributed by atoms with Crippen molar-refractivity contribution in [1.82, 2.24) is 10.2 Å². The molecule has 1 aromatic heterocycles. The van der Waals surface area contributed by atoms with E-state index in [2.05, 4.69) is 64.0 Å². The van der Waals surface area contributed by atoms with Gasteiger partial charge in [0, 0.05) is 16.8 Å². The molecule has 3 nitrogen and oxygen atoms in total. The molecule has 0 spiro atoms. The smallest absolute Gasteiger partial charge is 0.152 e. The van der Waals surface area contributed by atoms with Crippen molar-refractivity contribution in [3.63, 3.8) is 0 Å². The minimum Gasteiger partial charge on any atom is -0.364 e. The van der Waals surface area contributed by atoms with E-state index in [0.29, 0.717) is 5.41 Å². The Morgan fingerprint density at radius 1 is 1.17 bits per heavy atom. The van der Waals surface area contributed by atoms with Gasteiger partial charge in [-0.25, -0.2) is 0 Å². The molecule has 0 saturated carbocycles. The first-order chi connectivity index (χ1) is 8.00. The Hall–Kier alpha value is -0.990. The number of H-pyrrole nitrogens is 1. The van der Waals surface area contributed by atoms with Crippen LogP contribution in [0.25, 0.3) is 0 Å². The lowest BCUT2D eigenvalue weighted by atomic mass is 9.64. The summed E-state index contributed by atoms with van der Waals surface area (Å²) in [5, 5.41) is 11.3. The zero-order valence-corrected chi connectivity index (χ0v) is 12.9. The molecule has 0 saturated heterocycles. The summed E-state index contributed by atoms with van der Waals surface area (Å²) in [6, 6.07) is 0. The molecule has 0 aliphatic heterocycles. The van der Waals surface area contributed by atoms with Gasteiger partial charge in [-0.05, 0) is 44.4 Å². The maximum absolute atomic E-state index is 4.51. The van der Waals surface area contributed by atoms with Crippen LogP contribution in [-0.2, 0) is 11.8 Å². The first-order valence-corrected chi connectivity index (χ1v) is 6.86. The lowest BCUT2D eigenvalue weighted by Gasteiger charge is -2.41. The van der Waals surface area contributed by atoms with Crippen LogP contribution < -0.4 is 5.32 Å². The van der Waals surface area contributed by atoms with Crippen molar-refractivity contribution in [2.75, 3.05) is 5.32 Å². The van der Waals surface area contributed by atoms with E-state index in [4.69, 9.17) is 0 Å². The van der Waals surface area contributed by atoms with Crippen LogP contribution in [0.15, 0.2) is 0 Å². The fourth-order valence-corrected chi connectivity index (χ4v) is 3.51. The Balaban J connectivity index is 2.43. The number of hydrogen-bond donors (Lipinski definition) is 2. The topological polar surface area (TPSA) is 40.7 Å². The van der Waals surface area contributed by atoms with Gasteiger partial charge in [-0.15, -0.1) is 0 Å². The number of anilines is 1. The van der Waals surface area contributed by atoms with Crippen molar-refractivity contribution in [1.29, 1.82) is 0 Å². The third-order valence-corrected chi connectivity index (χ3v) is 3.59. The number of aromatic nitrogens is 2. The predicted molar refractivity (Wildman–Crippen MR) is 77.1 cm³/mol. The normalized spacial score (nSPS) is 21.5. The highest BCUT2D eigenvalue weighted by atomic mass is 15.2. The molecule has 2 rings (SSSR count). The van der Waals surface area contributed by atoms with Crippen LogP contribution >= 0.6 is 0 Å². The van der Waals surface area contributed by atoms with Crippen LogP contribution in [0.3, 0.4) is 0 Å². The molecule has 0 radical (unpaired) electrons. The number of nitrogens with one attached hydrogen (secondary N) is 2. The van der Waals surface area contributed by atoms with Crippen molar-refractivity contribution < 1.29 is 0 Å². The van der Waals surface area contributed by atoms with Gasteiger partial charge >= 0.3 is 0 Å². The summed E-state index contributed by atoms with van der Waals surface area (Å²) >= 11 is 0. The van der Waals surface area contributed by atoms with Crippen LogP contribution in [0, 0.1) is 5.41 Å². The van der Waals surface area contributed by atoms with Gasteiger partial charge in [0.2, 0.25) is 0 Å². The highest BCUT2D eigenvalue weighted by Crippen LogP contribution is 2.47. The maximum atomic E-state index is 4.51. The number of fused-ring (bicyclic) bond motifs is 1. The molecule has 0 unspecified atom stereocenters. The van der Waals surface area contributed by atoms with Crippen molar-refractivity contribution >= 4 is 5.82 Å². The molecule has 0 fully saturated rings. The van der Waals surface area contributed by atoms with Gasteiger partial charge in [0.05, 0.1) is 0 Å². The lowest BCUT2D eigenvalue weighted by molar-refractivity contribution is 0.230. The molecule has 102 valence electrons. The second-order valence-corrected chi connectivity index (χ2v) is 8.20. The monoisotopic (exact) mass is 249 g/mol. The van der Waals surface area contributed by atoms with E-state index in [1.807, 2.05) is 0 Å². The third-order valence-electron chi connectivity index (χ3n) is 3.59. The summed E-state index contributed by atoms with van der Waals surface area (Å²) in [7, 11) is 0. The van der Waals surface area contributed by atoms with E-state index >= 15 is 0 Å². The Kier molecular flexibility index (Phi) is 2.80. The first-order valence-electron chi connectivity index (χ1n) is 6.86. The highest BCUT2D eigenvalue weighted by molar-refractivity contribution is 5.53. The number of aromatic amines is 1. The highest BCUT2D eigenvalue weighted by Gasteiger charge is 2.41. The van der Waals surface area contributed by atoms with Crippen LogP contribution in [-0.4, -0.2) is 15.7 Å². The van der Waals surface area contributed by atoms with E-state index in [0.717, 1.165) is 12.2 Å². The summed E-state index contributed by atoms with van der Waals surface area (Å²) in [5.41, 5.74) is 3.27. The predicted octanol–water partition coefficient (Wildman–Crippen LogP) is 3.87. The number of nitrogens with zero attached hydrogens (tertiary/aromatic N) is 1. The van der Waals surface area contributed by atoms with Crippen molar-refractivity contribution in [3.8, 4) is 0 Å². The second kappa shape index (κ2) is 3.75. The number of hydrogen-bond acceptors (Lipinski definition) is 2. The van der Waals surface area contributed by atoms with E-state index in [-0.39, 0.29) is 11.0 Å². The molecule has 2 N–H and O–H groups in total. The van der Waals surface area contributed by atoms with Gasteiger partial charge in [0.15, 0.2) is 5.82 Å². The third kappa shape index (κ3) is 2.55. The van der Waals surface area contributed by atoms with Crippen LogP contribution in [0.2, 0.25) is 0 Å². The molecular formula is C15H27N3. The molecule has 0 bridgehead atoms. The van der Waals surface area contributed by atoms with Gasteiger partial charge in [-0.2, -0.15) is 5.10 Å². The van der Waals surface area contributed by atoms with Crippen molar-refractivity contribution in [3.05, 3.63) is 11.3 Å². The molecule has 3 heteroatoms. The summed E-state index contributed by atoms with van der Waals surface area (Å²) in [5.74, 6) is 1.04. The Labute approximate surface area is 111 Å². The van der Waals surface area contributed by atoms with E-state index in [1.54, 1.807) is 0 Å². The first kappa shape index (κ1) is 13.4. The molecule has 1 aliphatic rings. The molecule has 1 aromatic rings. The minimum atomic E-state index is 0.0476. The Morgan fingerprint density at radius 3 is 2.33 bits per heavy atom. The molecule has 1 heterocycles. The summed E-state index contributed by atoms with van der Waals surface area (Å²) in [6.45, 7) is 15.9. The standard InChI is InChI=1S/C15H27N3/c1-13(2,3)16-12-11-10(17-18-12)8-14(4,5)9-15(11,6)7/h8-9H2,1-7H3,(H2,16,17,18). The molecule has 1 aliphatic carbocycles. The zero-order valence-electron chi connectivity index (χ0n) is 12.9. The molecular weight excluding hydrogens is 222 g/mol. The molecule has 0 aromatic carbocycles. The van der Waals surface area contributed by atoms with E-state index in [9.17, 15) is 0 Å². The van der Waals surface area contributed by atoms with Crippen molar-refractivity contribution in [2.24, 2.45) is 5.41 Å². The fourth-order valence-electron chi connectivity index (χ4n) is 3.51. The van der Waals surface area contributed by atoms with Gasteiger partial charge in [-0.3, -0.25) is 5.10 Å². The average molecular weight is 249 g/mol. The average Bonchev–Trinajstić information content (AvgIpc) is 2.40. The van der Waals surface area contributed by atoms with Gasteiger partial charge in [-0.1, -0.05) is 27.7 Å². The van der Waals surface area contributed by atoms with E-state index in [1.165, 1.54) is 17.7 Å². The van der Waals surface area contributed by atoms with Gasteiger partial charge in [0.25, 0.3) is 0 Å². The molecule has 0 amide bonds.